The van der Waals surface area contributed by atoms with Crippen molar-refractivity contribution in [2.24, 2.45) is 0 Å². The van der Waals surface area contributed by atoms with Crippen molar-refractivity contribution >= 4 is 12.2 Å². The van der Waals surface area contributed by atoms with Crippen molar-refractivity contribution in [3.8, 4) is 0 Å². The first-order chi connectivity index (χ1) is 11.1. The van der Waals surface area contributed by atoms with Crippen molar-refractivity contribution in [1.82, 2.24) is 4.90 Å². The van der Waals surface area contributed by atoms with E-state index in [0.717, 1.165) is 24.3 Å². The third-order valence-electron chi connectivity index (χ3n) is 4.53. The van der Waals surface area contributed by atoms with Gasteiger partial charge in [0.15, 0.2) is 0 Å². The SMILES string of the molecule is CCCCCCCCN1C(=O)O/C(=C\c2ccccc2)C1(C)C. The zero-order valence-electron chi connectivity index (χ0n) is 14.7. The van der Waals surface area contributed by atoms with Gasteiger partial charge in [-0.2, -0.15) is 0 Å². The molecule has 0 unspecified atom stereocenters. The van der Waals surface area contributed by atoms with E-state index < -0.39 is 0 Å². The van der Waals surface area contributed by atoms with Crippen LogP contribution in [0.2, 0.25) is 0 Å². The molecule has 2 rings (SSSR count). The van der Waals surface area contributed by atoms with E-state index in [2.05, 4.69) is 20.8 Å². The molecule has 3 nitrogen and oxygen atoms in total. The van der Waals surface area contributed by atoms with Gasteiger partial charge in [-0.05, 0) is 31.9 Å². The zero-order valence-corrected chi connectivity index (χ0v) is 14.7. The highest BCUT2D eigenvalue weighted by Gasteiger charge is 2.44. The molecule has 1 saturated heterocycles. The highest BCUT2D eigenvalue weighted by molar-refractivity contribution is 5.76. The van der Waals surface area contributed by atoms with Gasteiger partial charge < -0.3 is 4.74 Å². The second-order valence-electron chi connectivity index (χ2n) is 6.77. The molecule has 23 heavy (non-hydrogen) atoms. The quantitative estimate of drug-likeness (QED) is 0.583. The first kappa shape index (κ1) is 17.6. The predicted octanol–water partition coefficient (Wildman–Crippen LogP) is 5.62. The van der Waals surface area contributed by atoms with E-state index in [4.69, 9.17) is 4.74 Å². The van der Waals surface area contributed by atoms with E-state index in [1.165, 1.54) is 32.1 Å². The van der Waals surface area contributed by atoms with Crippen molar-refractivity contribution < 1.29 is 9.53 Å². The largest absolute Gasteiger partial charge is 0.415 e. The standard InChI is InChI=1S/C20H29NO2/c1-4-5-6-7-8-12-15-21-19(22)23-18(20(21,2)3)16-17-13-10-9-11-14-17/h9-11,13-14,16H,4-8,12,15H2,1-3H3/b18-16-. The highest BCUT2D eigenvalue weighted by atomic mass is 16.6. The lowest BCUT2D eigenvalue weighted by Gasteiger charge is -2.28. The van der Waals surface area contributed by atoms with E-state index in [9.17, 15) is 4.79 Å². The molecular weight excluding hydrogens is 286 g/mol. The van der Waals surface area contributed by atoms with Gasteiger partial charge in [-0.25, -0.2) is 4.79 Å². The van der Waals surface area contributed by atoms with Gasteiger partial charge in [0.2, 0.25) is 0 Å². The molecule has 1 fully saturated rings. The second kappa shape index (κ2) is 8.19. The van der Waals surface area contributed by atoms with E-state index in [-0.39, 0.29) is 11.6 Å². The molecule has 1 amide bonds. The van der Waals surface area contributed by atoms with Crippen LogP contribution in [-0.4, -0.2) is 23.1 Å². The van der Waals surface area contributed by atoms with Crippen molar-refractivity contribution in [3.63, 3.8) is 0 Å². The molecule has 0 N–H and O–H groups in total. The molecule has 0 aliphatic carbocycles. The molecular formula is C20H29NO2. The van der Waals surface area contributed by atoms with Crippen LogP contribution in [0.3, 0.4) is 0 Å². The topological polar surface area (TPSA) is 29.5 Å². The summed E-state index contributed by atoms with van der Waals surface area (Å²) in [5.74, 6) is 0.736. The summed E-state index contributed by atoms with van der Waals surface area (Å²) in [5, 5.41) is 0. The number of carbonyl (C=O) groups is 1. The number of carbonyl (C=O) groups excluding carboxylic acids is 1. The number of amides is 1. The molecule has 3 heteroatoms. The van der Waals surface area contributed by atoms with Gasteiger partial charge in [0, 0.05) is 6.54 Å². The van der Waals surface area contributed by atoms with Crippen molar-refractivity contribution in [3.05, 3.63) is 41.7 Å². The Balaban J connectivity index is 1.94. The summed E-state index contributed by atoms with van der Waals surface area (Å²) in [6, 6.07) is 10.0. The van der Waals surface area contributed by atoms with Gasteiger partial charge in [-0.15, -0.1) is 0 Å². The van der Waals surface area contributed by atoms with Crippen LogP contribution in [0.4, 0.5) is 4.79 Å². The third kappa shape index (κ3) is 4.60. The molecule has 0 bridgehead atoms. The number of rotatable bonds is 8. The highest BCUT2D eigenvalue weighted by Crippen LogP contribution is 2.34. The summed E-state index contributed by atoms with van der Waals surface area (Å²) >= 11 is 0. The number of cyclic esters (lactones) is 1. The molecule has 0 atom stereocenters. The number of hydrogen-bond donors (Lipinski definition) is 0. The molecule has 0 spiro atoms. The minimum Gasteiger partial charge on any atom is -0.412 e. The fourth-order valence-electron chi connectivity index (χ4n) is 2.96. The Hall–Kier alpha value is -1.77. The van der Waals surface area contributed by atoms with Crippen LogP contribution in [0.1, 0.15) is 64.9 Å². The third-order valence-corrected chi connectivity index (χ3v) is 4.53. The van der Waals surface area contributed by atoms with Gasteiger partial charge >= 0.3 is 6.09 Å². The minimum atomic E-state index is -0.379. The summed E-state index contributed by atoms with van der Waals surface area (Å²) in [4.78, 5) is 14.1. The number of unbranched alkanes of at least 4 members (excludes halogenated alkanes) is 5. The van der Waals surface area contributed by atoms with Gasteiger partial charge in [-0.1, -0.05) is 69.4 Å². The van der Waals surface area contributed by atoms with Gasteiger partial charge in [-0.3, -0.25) is 4.90 Å². The Morgan fingerprint density at radius 1 is 1.04 bits per heavy atom. The summed E-state index contributed by atoms with van der Waals surface area (Å²) < 4.78 is 5.54. The average molecular weight is 315 g/mol. The van der Waals surface area contributed by atoms with E-state index in [0.29, 0.717) is 0 Å². The molecule has 0 aromatic heterocycles. The van der Waals surface area contributed by atoms with Crippen LogP contribution in [0, 0.1) is 0 Å². The Bertz CT molecular complexity index is 534. The molecule has 1 aliphatic heterocycles. The van der Waals surface area contributed by atoms with Gasteiger partial charge in [0.25, 0.3) is 0 Å². The van der Waals surface area contributed by atoms with E-state index in [1.807, 2.05) is 41.3 Å². The molecule has 126 valence electrons. The summed E-state index contributed by atoms with van der Waals surface area (Å²) in [6.45, 7) is 7.11. The van der Waals surface area contributed by atoms with E-state index in [1.54, 1.807) is 0 Å². The first-order valence-corrected chi connectivity index (χ1v) is 8.82. The molecule has 0 radical (unpaired) electrons. The van der Waals surface area contributed by atoms with Crippen molar-refractivity contribution in [2.45, 2.75) is 64.8 Å². The van der Waals surface area contributed by atoms with Gasteiger partial charge in [0.1, 0.15) is 5.76 Å². The zero-order chi connectivity index (χ0) is 16.7. The van der Waals surface area contributed by atoms with Crippen LogP contribution < -0.4 is 0 Å². The van der Waals surface area contributed by atoms with Crippen LogP contribution in [0.25, 0.3) is 6.08 Å². The minimum absolute atomic E-state index is 0.217. The monoisotopic (exact) mass is 315 g/mol. The van der Waals surface area contributed by atoms with Crippen molar-refractivity contribution in [1.29, 1.82) is 0 Å². The van der Waals surface area contributed by atoms with Crippen LogP contribution >= 0.6 is 0 Å². The Morgan fingerprint density at radius 2 is 1.70 bits per heavy atom. The number of hydrogen-bond acceptors (Lipinski definition) is 2. The summed E-state index contributed by atoms with van der Waals surface area (Å²) in [5.41, 5.74) is 0.681. The normalized spacial score (nSPS) is 18.5. The Kier molecular flexibility index (Phi) is 6.26. The fourth-order valence-corrected chi connectivity index (χ4v) is 2.96. The number of nitrogens with zero attached hydrogens (tertiary/aromatic N) is 1. The lowest BCUT2D eigenvalue weighted by molar-refractivity contribution is 0.156. The first-order valence-electron chi connectivity index (χ1n) is 8.82. The van der Waals surface area contributed by atoms with Crippen LogP contribution in [-0.2, 0) is 4.74 Å². The maximum Gasteiger partial charge on any atom is 0.415 e. The van der Waals surface area contributed by atoms with Crippen molar-refractivity contribution in [2.75, 3.05) is 6.54 Å². The molecule has 0 saturated carbocycles. The molecule has 1 aromatic rings. The number of benzene rings is 1. The maximum absolute atomic E-state index is 12.2. The van der Waals surface area contributed by atoms with Crippen LogP contribution in [0.5, 0.6) is 0 Å². The molecule has 1 heterocycles. The summed E-state index contributed by atoms with van der Waals surface area (Å²) in [6.07, 6.45) is 9.09. The lowest BCUT2D eigenvalue weighted by atomic mass is 9.99. The lowest BCUT2D eigenvalue weighted by Crippen LogP contribution is -2.41. The number of ether oxygens (including phenoxy) is 1. The Labute approximate surface area is 140 Å². The Morgan fingerprint density at radius 3 is 2.39 bits per heavy atom. The van der Waals surface area contributed by atoms with Gasteiger partial charge in [0.05, 0.1) is 5.54 Å². The van der Waals surface area contributed by atoms with E-state index >= 15 is 0 Å². The maximum atomic E-state index is 12.2. The molecule has 1 aliphatic rings. The molecule has 1 aromatic carbocycles. The summed E-state index contributed by atoms with van der Waals surface area (Å²) in [7, 11) is 0. The van der Waals surface area contributed by atoms with Crippen LogP contribution in [0.15, 0.2) is 36.1 Å². The smallest absolute Gasteiger partial charge is 0.412 e. The fraction of sp³-hybridized carbons (Fsp3) is 0.550. The average Bonchev–Trinajstić information content (AvgIpc) is 2.74. The predicted molar refractivity (Wildman–Crippen MR) is 95.1 cm³/mol. The second-order valence-corrected chi connectivity index (χ2v) is 6.77.